The molecule has 1 aliphatic heterocycles. The van der Waals surface area contributed by atoms with Gasteiger partial charge in [-0.2, -0.15) is 0 Å². The fourth-order valence-corrected chi connectivity index (χ4v) is 4.66. The van der Waals surface area contributed by atoms with Gasteiger partial charge in [-0.1, -0.05) is 38.8 Å². The lowest BCUT2D eigenvalue weighted by molar-refractivity contribution is 0.161. The Kier molecular flexibility index (Phi) is 13.0. The van der Waals surface area contributed by atoms with Crippen LogP contribution in [-0.4, -0.2) is 58.5 Å². The first kappa shape index (κ1) is 28.1. The number of likely N-dealkylation sites (tertiary alicyclic amines) is 1. The summed E-state index contributed by atoms with van der Waals surface area (Å²) in [5.74, 6) is 1.32. The van der Waals surface area contributed by atoms with Crippen LogP contribution in [0.25, 0.3) is 0 Å². The monoisotopic (exact) mass is 565 g/mol. The van der Waals surface area contributed by atoms with Crippen LogP contribution in [0.4, 0.5) is 0 Å². The summed E-state index contributed by atoms with van der Waals surface area (Å²) < 4.78 is 26.4. The van der Waals surface area contributed by atoms with Crippen LogP contribution in [-0.2, 0) is 16.6 Å². The van der Waals surface area contributed by atoms with E-state index in [9.17, 15) is 8.42 Å². The topological polar surface area (TPSA) is 85.8 Å². The molecule has 0 spiro atoms. The molecule has 1 saturated heterocycles. The van der Waals surface area contributed by atoms with E-state index in [1.807, 2.05) is 13.0 Å². The summed E-state index contributed by atoms with van der Waals surface area (Å²) in [5.41, 5.74) is 0.858. The van der Waals surface area contributed by atoms with Crippen molar-refractivity contribution < 1.29 is 8.42 Å². The molecule has 1 atom stereocenters. The molecule has 0 bridgehead atoms. The standard InChI is InChI=1S/C22H39N5O2S.HI/c1-5-24-22(25-16-19-11-10-12-20(15-19)30(28,29)23-4)26-17-21(18(2)3)27-13-8-6-7-9-14-27;/h10-12,15,18,21,23H,5-9,13-14,16-17H2,1-4H3,(H2,24,25,26);1H. The van der Waals surface area contributed by atoms with Crippen molar-refractivity contribution in [3.05, 3.63) is 29.8 Å². The molecule has 0 amide bonds. The van der Waals surface area contributed by atoms with Gasteiger partial charge in [0.1, 0.15) is 0 Å². The number of hydrogen-bond donors (Lipinski definition) is 3. The maximum Gasteiger partial charge on any atom is 0.240 e. The first-order chi connectivity index (χ1) is 14.4. The highest BCUT2D eigenvalue weighted by Crippen LogP contribution is 2.17. The fourth-order valence-electron chi connectivity index (χ4n) is 3.86. The summed E-state index contributed by atoms with van der Waals surface area (Å²) in [5, 5.41) is 6.82. The van der Waals surface area contributed by atoms with Gasteiger partial charge < -0.3 is 10.6 Å². The first-order valence-electron chi connectivity index (χ1n) is 11.2. The van der Waals surface area contributed by atoms with Crippen LogP contribution in [0.2, 0.25) is 0 Å². The van der Waals surface area contributed by atoms with E-state index in [4.69, 9.17) is 0 Å². The third kappa shape index (κ3) is 9.23. The van der Waals surface area contributed by atoms with Crippen LogP contribution < -0.4 is 15.4 Å². The summed E-state index contributed by atoms with van der Waals surface area (Å²) in [6, 6.07) is 7.39. The van der Waals surface area contributed by atoms with E-state index in [2.05, 4.69) is 39.1 Å². The maximum absolute atomic E-state index is 12.0. The zero-order chi connectivity index (χ0) is 22.0. The molecular weight excluding hydrogens is 525 g/mol. The zero-order valence-electron chi connectivity index (χ0n) is 19.4. The van der Waals surface area contributed by atoms with Crippen LogP contribution in [0, 0.1) is 5.92 Å². The van der Waals surface area contributed by atoms with E-state index in [1.54, 1.807) is 18.2 Å². The van der Waals surface area contributed by atoms with Gasteiger partial charge >= 0.3 is 0 Å². The summed E-state index contributed by atoms with van der Waals surface area (Å²) in [6.07, 6.45) is 5.23. The molecule has 0 aliphatic carbocycles. The van der Waals surface area contributed by atoms with E-state index in [1.165, 1.54) is 45.8 Å². The predicted octanol–water partition coefficient (Wildman–Crippen LogP) is 3.17. The molecule has 0 radical (unpaired) electrons. The lowest BCUT2D eigenvalue weighted by Gasteiger charge is -2.34. The summed E-state index contributed by atoms with van der Waals surface area (Å²) in [7, 11) is -2.03. The van der Waals surface area contributed by atoms with E-state index >= 15 is 0 Å². The van der Waals surface area contributed by atoms with Crippen molar-refractivity contribution in [1.29, 1.82) is 0 Å². The summed E-state index contributed by atoms with van der Waals surface area (Å²) >= 11 is 0. The molecule has 9 heteroatoms. The Labute approximate surface area is 205 Å². The molecule has 1 unspecified atom stereocenters. The van der Waals surface area contributed by atoms with E-state index < -0.39 is 10.0 Å². The molecule has 0 aromatic heterocycles. The Morgan fingerprint density at radius 3 is 2.39 bits per heavy atom. The molecule has 1 aromatic rings. The second-order valence-corrected chi connectivity index (χ2v) is 10.1. The minimum absolute atomic E-state index is 0. The van der Waals surface area contributed by atoms with E-state index in [-0.39, 0.29) is 28.9 Å². The van der Waals surface area contributed by atoms with Gasteiger partial charge in [0.05, 0.1) is 11.4 Å². The van der Waals surface area contributed by atoms with Gasteiger partial charge in [0.15, 0.2) is 5.96 Å². The molecule has 1 fully saturated rings. The van der Waals surface area contributed by atoms with Crippen molar-refractivity contribution in [3.8, 4) is 0 Å². The Bertz CT molecular complexity index is 778. The van der Waals surface area contributed by atoms with E-state index in [0.29, 0.717) is 18.5 Å². The van der Waals surface area contributed by atoms with Gasteiger partial charge in [-0.3, -0.25) is 4.90 Å². The van der Waals surface area contributed by atoms with Crippen LogP contribution in [0.5, 0.6) is 0 Å². The summed E-state index contributed by atoms with van der Waals surface area (Å²) in [6.45, 7) is 11.0. The van der Waals surface area contributed by atoms with Gasteiger partial charge in [0.25, 0.3) is 0 Å². The van der Waals surface area contributed by atoms with Crippen molar-refractivity contribution in [2.24, 2.45) is 10.9 Å². The first-order valence-corrected chi connectivity index (χ1v) is 12.6. The van der Waals surface area contributed by atoms with Crippen molar-refractivity contribution in [2.45, 2.75) is 63.9 Å². The van der Waals surface area contributed by atoms with Crippen molar-refractivity contribution >= 4 is 40.0 Å². The number of nitrogens with zero attached hydrogens (tertiary/aromatic N) is 2. The number of benzene rings is 1. The third-order valence-electron chi connectivity index (χ3n) is 5.60. The normalized spacial score (nSPS) is 17.0. The molecule has 178 valence electrons. The second kappa shape index (κ2) is 14.3. The predicted molar refractivity (Wildman–Crippen MR) is 140 cm³/mol. The zero-order valence-corrected chi connectivity index (χ0v) is 22.5. The van der Waals surface area contributed by atoms with Crippen LogP contribution in [0.1, 0.15) is 52.0 Å². The van der Waals surface area contributed by atoms with Crippen molar-refractivity contribution in [1.82, 2.24) is 20.3 Å². The quantitative estimate of drug-likeness (QED) is 0.244. The Hall–Kier alpha value is -0.910. The Balaban J connectivity index is 0.00000480. The molecule has 31 heavy (non-hydrogen) atoms. The Morgan fingerprint density at radius 1 is 1.13 bits per heavy atom. The molecule has 1 heterocycles. The number of rotatable bonds is 9. The van der Waals surface area contributed by atoms with E-state index in [0.717, 1.165) is 24.6 Å². The lowest BCUT2D eigenvalue weighted by Crippen LogP contribution is -2.49. The van der Waals surface area contributed by atoms with Gasteiger partial charge in [-0.15, -0.1) is 24.0 Å². The molecule has 7 nitrogen and oxygen atoms in total. The fraction of sp³-hybridized carbons (Fsp3) is 0.682. The molecule has 0 saturated carbocycles. The third-order valence-corrected chi connectivity index (χ3v) is 7.01. The van der Waals surface area contributed by atoms with Gasteiger partial charge in [0, 0.05) is 19.1 Å². The highest BCUT2D eigenvalue weighted by atomic mass is 127. The van der Waals surface area contributed by atoms with Crippen molar-refractivity contribution in [2.75, 3.05) is 33.2 Å². The van der Waals surface area contributed by atoms with Crippen LogP contribution in [0.3, 0.4) is 0 Å². The number of guanidine groups is 1. The SMILES string of the molecule is CCNC(=NCc1cccc(S(=O)(=O)NC)c1)NCC(C(C)C)N1CCCCCC1.I. The number of halogens is 1. The van der Waals surface area contributed by atoms with Crippen LogP contribution >= 0.6 is 24.0 Å². The van der Waals surface area contributed by atoms with Crippen LogP contribution in [0.15, 0.2) is 34.2 Å². The molecule has 2 rings (SSSR count). The minimum Gasteiger partial charge on any atom is -0.357 e. The second-order valence-electron chi connectivity index (χ2n) is 8.19. The summed E-state index contributed by atoms with van der Waals surface area (Å²) in [4.78, 5) is 7.57. The van der Waals surface area contributed by atoms with Gasteiger partial charge in [-0.25, -0.2) is 18.1 Å². The largest absolute Gasteiger partial charge is 0.357 e. The molecule has 1 aliphatic rings. The smallest absolute Gasteiger partial charge is 0.240 e. The number of sulfonamides is 1. The molecular formula is C22H40IN5O2S. The average Bonchev–Trinajstić information content (AvgIpc) is 3.01. The number of hydrogen-bond acceptors (Lipinski definition) is 4. The number of nitrogens with one attached hydrogen (secondary N) is 3. The van der Waals surface area contributed by atoms with Gasteiger partial charge in [-0.05, 0) is 63.5 Å². The highest BCUT2D eigenvalue weighted by Gasteiger charge is 2.23. The molecule has 1 aromatic carbocycles. The number of aliphatic imine (C=N–C) groups is 1. The average molecular weight is 566 g/mol. The van der Waals surface area contributed by atoms with Gasteiger partial charge in [0.2, 0.25) is 10.0 Å². The minimum atomic E-state index is -3.45. The van der Waals surface area contributed by atoms with Crippen molar-refractivity contribution in [3.63, 3.8) is 0 Å². The molecule has 3 N–H and O–H groups in total. The lowest BCUT2D eigenvalue weighted by atomic mass is 10.0. The Morgan fingerprint density at radius 2 is 1.81 bits per heavy atom. The maximum atomic E-state index is 12.0. The highest BCUT2D eigenvalue weighted by molar-refractivity contribution is 14.0.